The number of carbonyl (C=O) groups is 2. The van der Waals surface area contributed by atoms with E-state index in [1.54, 1.807) is 30.3 Å². The van der Waals surface area contributed by atoms with E-state index in [4.69, 9.17) is 11.5 Å². The molecule has 138 valence electrons. The van der Waals surface area contributed by atoms with Crippen molar-refractivity contribution in [3.63, 3.8) is 0 Å². The lowest BCUT2D eigenvalue weighted by molar-refractivity contribution is 0.100. The molecule has 4 aromatic rings. The number of thiophene rings is 1. The highest BCUT2D eigenvalue weighted by molar-refractivity contribution is 7.21. The summed E-state index contributed by atoms with van der Waals surface area (Å²) in [6.45, 7) is 0. The Bertz CT molecular complexity index is 1190. The van der Waals surface area contributed by atoms with Crippen molar-refractivity contribution >= 4 is 44.9 Å². The van der Waals surface area contributed by atoms with Gasteiger partial charge in [-0.15, -0.1) is 11.3 Å². The van der Waals surface area contributed by atoms with Crippen LogP contribution in [0.5, 0.6) is 0 Å². The third-order valence-electron chi connectivity index (χ3n) is 4.29. The molecule has 0 saturated carbocycles. The first kappa shape index (κ1) is 17.7. The standard InChI is InChI=1S/C21H16N4O2S/c22-17-16-14(12-7-3-1-4-8-12)11-15(25-21(16)28-18(17)19(23)26)24-20(27)13-9-5-2-6-10-13/h1-11H,22H2,(H2,23,26)(H,24,25,27). The Labute approximate surface area is 164 Å². The number of nitrogen functional groups attached to an aromatic ring is 1. The summed E-state index contributed by atoms with van der Waals surface area (Å²) in [5.41, 5.74) is 14.2. The summed E-state index contributed by atoms with van der Waals surface area (Å²) >= 11 is 1.12. The molecule has 0 aliphatic carbocycles. The third kappa shape index (κ3) is 3.19. The summed E-state index contributed by atoms with van der Waals surface area (Å²) < 4.78 is 0. The SMILES string of the molecule is NC(=O)c1sc2nc(NC(=O)c3ccccc3)cc(-c3ccccc3)c2c1N. The van der Waals surface area contributed by atoms with Crippen LogP contribution in [0.1, 0.15) is 20.0 Å². The number of aromatic nitrogens is 1. The van der Waals surface area contributed by atoms with Crippen LogP contribution >= 0.6 is 11.3 Å². The van der Waals surface area contributed by atoms with Gasteiger partial charge in [0.15, 0.2) is 0 Å². The molecule has 2 aromatic carbocycles. The average Bonchev–Trinajstić information content (AvgIpc) is 3.05. The molecule has 5 N–H and O–H groups in total. The van der Waals surface area contributed by atoms with Gasteiger partial charge in [-0.1, -0.05) is 48.5 Å². The molecular weight excluding hydrogens is 372 g/mol. The maximum atomic E-state index is 12.5. The highest BCUT2D eigenvalue weighted by atomic mass is 32.1. The van der Waals surface area contributed by atoms with Gasteiger partial charge in [-0.3, -0.25) is 9.59 Å². The predicted molar refractivity (Wildman–Crippen MR) is 112 cm³/mol. The van der Waals surface area contributed by atoms with Crippen molar-refractivity contribution in [1.82, 2.24) is 4.98 Å². The highest BCUT2D eigenvalue weighted by Gasteiger charge is 2.20. The zero-order valence-electron chi connectivity index (χ0n) is 14.7. The number of carbonyl (C=O) groups excluding carboxylic acids is 2. The summed E-state index contributed by atoms with van der Waals surface area (Å²) in [6, 6.07) is 20.2. The molecule has 2 amide bonds. The second kappa shape index (κ2) is 7.13. The zero-order chi connectivity index (χ0) is 19.7. The molecule has 0 unspecified atom stereocenters. The van der Waals surface area contributed by atoms with Crippen LogP contribution in [0, 0.1) is 0 Å². The van der Waals surface area contributed by atoms with Crippen LogP contribution in [-0.4, -0.2) is 16.8 Å². The molecule has 7 heteroatoms. The van der Waals surface area contributed by atoms with E-state index in [0.717, 1.165) is 22.5 Å². The lowest BCUT2D eigenvalue weighted by Gasteiger charge is -2.09. The Hall–Kier alpha value is -3.71. The van der Waals surface area contributed by atoms with Crippen LogP contribution < -0.4 is 16.8 Å². The van der Waals surface area contributed by atoms with Crippen molar-refractivity contribution in [2.24, 2.45) is 5.73 Å². The van der Waals surface area contributed by atoms with Crippen molar-refractivity contribution in [2.45, 2.75) is 0 Å². The first-order valence-electron chi connectivity index (χ1n) is 8.49. The van der Waals surface area contributed by atoms with Gasteiger partial charge in [0, 0.05) is 10.9 Å². The number of hydrogen-bond donors (Lipinski definition) is 3. The molecule has 0 saturated heterocycles. The number of rotatable bonds is 4. The summed E-state index contributed by atoms with van der Waals surface area (Å²) in [6.07, 6.45) is 0. The van der Waals surface area contributed by atoms with E-state index in [-0.39, 0.29) is 10.8 Å². The Kier molecular flexibility index (Phi) is 4.50. The summed E-state index contributed by atoms with van der Waals surface area (Å²) in [5, 5.41) is 3.47. The summed E-state index contributed by atoms with van der Waals surface area (Å²) in [4.78, 5) is 29.6. The number of primary amides is 1. The first-order chi connectivity index (χ1) is 13.5. The number of amides is 2. The van der Waals surface area contributed by atoms with Gasteiger partial charge in [0.25, 0.3) is 11.8 Å². The van der Waals surface area contributed by atoms with Gasteiger partial charge >= 0.3 is 0 Å². The highest BCUT2D eigenvalue weighted by Crippen LogP contribution is 2.40. The summed E-state index contributed by atoms with van der Waals surface area (Å²) in [5.74, 6) is -0.502. The molecule has 0 spiro atoms. The second-order valence-electron chi connectivity index (χ2n) is 6.13. The van der Waals surface area contributed by atoms with Crippen LogP contribution in [0.2, 0.25) is 0 Å². The number of nitrogens with zero attached hydrogens (tertiary/aromatic N) is 1. The zero-order valence-corrected chi connectivity index (χ0v) is 15.5. The minimum absolute atomic E-state index is 0.256. The van der Waals surface area contributed by atoms with Gasteiger partial charge in [-0.05, 0) is 29.3 Å². The van der Waals surface area contributed by atoms with Crippen LogP contribution in [-0.2, 0) is 0 Å². The van der Waals surface area contributed by atoms with E-state index in [0.29, 0.717) is 27.3 Å². The molecule has 2 aromatic heterocycles. The number of fused-ring (bicyclic) bond motifs is 1. The normalized spacial score (nSPS) is 10.7. The Morgan fingerprint density at radius 1 is 0.964 bits per heavy atom. The maximum absolute atomic E-state index is 12.5. The van der Waals surface area contributed by atoms with E-state index >= 15 is 0 Å². The van der Waals surface area contributed by atoms with Crippen molar-refractivity contribution in [3.8, 4) is 11.1 Å². The number of nitrogens with one attached hydrogen (secondary N) is 1. The molecule has 0 aliphatic heterocycles. The van der Waals surface area contributed by atoms with Crippen LogP contribution in [0.25, 0.3) is 21.3 Å². The minimum Gasteiger partial charge on any atom is -0.397 e. The van der Waals surface area contributed by atoms with Crippen LogP contribution in [0.3, 0.4) is 0 Å². The maximum Gasteiger partial charge on any atom is 0.260 e. The number of hydrogen-bond acceptors (Lipinski definition) is 5. The van der Waals surface area contributed by atoms with Gasteiger partial charge in [-0.25, -0.2) is 4.98 Å². The van der Waals surface area contributed by atoms with Crippen LogP contribution in [0.4, 0.5) is 11.5 Å². The molecule has 0 atom stereocenters. The molecule has 0 aliphatic rings. The Balaban J connectivity index is 1.87. The smallest absolute Gasteiger partial charge is 0.260 e. The monoisotopic (exact) mass is 388 g/mol. The van der Waals surface area contributed by atoms with E-state index in [1.165, 1.54) is 0 Å². The topological polar surface area (TPSA) is 111 Å². The van der Waals surface area contributed by atoms with Crippen molar-refractivity contribution in [3.05, 3.63) is 77.2 Å². The van der Waals surface area contributed by atoms with Gasteiger partial charge < -0.3 is 16.8 Å². The molecule has 6 nitrogen and oxygen atoms in total. The predicted octanol–water partition coefficient (Wildman–Crippen LogP) is 3.90. The lowest BCUT2D eigenvalue weighted by Crippen LogP contribution is -2.12. The largest absolute Gasteiger partial charge is 0.397 e. The Morgan fingerprint density at radius 3 is 2.25 bits per heavy atom. The van der Waals surface area contributed by atoms with E-state index in [1.807, 2.05) is 36.4 Å². The average molecular weight is 388 g/mol. The molecule has 0 bridgehead atoms. The van der Waals surface area contributed by atoms with Gasteiger partial charge in [0.05, 0.1) is 5.69 Å². The second-order valence-corrected chi connectivity index (χ2v) is 7.13. The van der Waals surface area contributed by atoms with E-state index in [2.05, 4.69) is 10.3 Å². The van der Waals surface area contributed by atoms with Gasteiger partial charge in [0.2, 0.25) is 0 Å². The van der Waals surface area contributed by atoms with Crippen molar-refractivity contribution in [2.75, 3.05) is 11.1 Å². The fraction of sp³-hybridized carbons (Fsp3) is 0. The van der Waals surface area contributed by atoms with Crippen LogP contribution in [0.15, 0.2) is 66.7 Å². The van der Waals surface area contributed by atoms with Gasteiger partial charge in [-0.2, -0.15) is 0 Å². The number of benzene rings is 2. The number of pyridine rings is 1. The Morgan fingerprint density at radius 2 is 1.61 bits per heavy atom. The summed E-state index contributed by atoms with van der Waals surface area (Å²) in [7, 11) is 0. The molecule has 4 rings (SSSR count). The minimum atomic E-state index is -0.602. The molecule has 28 heavy (non-hydrogen) atoms. The van der Waals surface area contributed by atoms with Crippen molar-refractivity contribution < 1.29 is 9.59 Å². The quantitative estimate of drug-likeness (QED) is 0.492. The lowest BCUT2D eigenvalue weighted by atomic mass is 10.0. The number of nitrogens with two attached hydrogens (primary N) is 2. The first-order valence-corrected chi connectivity index (χ1v) is 9.31. The molecule has 0 radical (unpaired) electrons. The van der Waals surface area contributed by atoms with E-state index < -0.39 is 5.91 Å². The third-order valence-corrected chi connectivity index (χ3v) is 5.40. The van der Waals surface area contributed by atoms with Crippen molar-refractivity contribution in [1.29, 1.82) is 0 Å². The fourth-order valence-corrected chi connectivity index (χ4v) is 3.96. The molecular formula is C21H16N4O2S. The molecule has 0 fully saturated rings. The van der Waals surface area contributed by atoms with E-state index in [9.17, 15) is 9.59 Å². The fourth-order valence-electron chi connectivity index (χ4n) is 2.99. The van der Waals surface area contributed by atoms with Gasteiger partial charge in [0.1, 0.15) is 15.5 Å². The molecule has 2 heterocycles. The number of anilines is 2.